The minimum Gasteiger partial charge on any atom is -0.404 e. The second-order valence-corrected chi connectivity index (χ2v) is 3.25. The van der Waals surface area contributed by atoms with Crippen LogP contribution in [0.4, 0.5) is 18.9 Å². The number of alkyl halides is 3. The zero-order valence-corrected chi connectivity index (χ0v) is 8.32. The van der Waals surface area contributed by atoms with Crippen LogP contribution in [0.1, 0.15) is 0 Å². The summed E-state index contributed by atoms with van der Waals surface area (Å²) in [6, 6.07) is 3.95. The zero-order valence-electron chi connectivity index (χ0n) is 6.73. The molecule has 0 aliphatic heterocycles. The average Bonchev–Trinajstić information content (AvgIpc) is 2.06. The summed E-state index contributed by atoms with van der Waals surface area (Å²) in [6.45, 7) is 0. The Hall–Kier alpha value is -0.950. The lowest BCUT2D eigenvalue weighted by Crippen LogP contribution is -2.19. The predicted molar refractivity (Wildman–Crippen MR) is 48.6 cm³/mol. The largest absolute Gasteiger partial charge is 0.573 e. The molecule has 0 aliphatic carbocycles. The fourth-order valence-corrected chi connectivity index (χ4v) is 1.19. The highest BCUT2D eigenvalue weighted by Crippen LogP contribution is 2.31. The summed E-state index contributed by atoms with van der Waals surface area (Å²) in [5, 5.41) is 0. The van der Waals surface area contributed by atoms with Crippen LogP contribution in [0.15, 0.2) is 22.7 Å². The molecule has 14 heavy (non-hydrogen) atoms. The Kier molecular flexibility index (Phi) is 3.22. The third-order valence-corrected chi connectivity index (χ3v) is 1.82. The number of benzene rings is 1. The highest BCUT2D eigenvalue weighted by Gasteiger charge is 2.32. The van der Waals surface area contributed by atoms with Gasteiger partial charge in [0.15, 0.2) is 5.75 Å². The van der Waals surface area contributed by atoms with Crippen LogP contribution in [0, 0.1) is 0 Å². The van der Waals surface area contributed by atoms with Crippen LogP contribution in [0.25, 0.3) is 0 Å². The lowest BCUT2D eigenvalue weighted by Gasteiger charge is -2.12. The molecule has 1 rings (SSSR count). The SMILES string of the molecule is NNc1cc(Br)ccc1OC(F)(F)F. The molecule has 0 saturated carbocycles. The van der Waals surface area contributed by atoms with Crippen LogP contribution < -0.4 is 16.0 Å². The summed E-state index contributed by atoms with van der Waals surface area (Å²) in [5.74, 6) is 4.65. The van der Waals surface area contributed by atoms with E-state index in [2.05, 4.69) is 26.1 Å². The number of halogens is 4. The van der Waals surface area contributed by atoms with Crippen molar-refractivity contribution in [1.82, 2.24) is 0 Å². The number of hydrogen-bond acceptors (Lipinski definition) is 3. The molecule has 0 atom stereocenters. The molecular formula is C7H6BrF3N2O. The second-order valence-electron chi connectivity index (χ2n) is 2.33. The Morgan fingerprint density at radius 1 is 1.36 bits per heavy atom. The number of nitrogens with two attached hydrogens (primary N) is 1. The van der Waals surface area contributed by atoms with Gasteiger partial charge in [-0.3, -0.25) is 5.84 Å². The van der Waals surface area contributed by atoms with Crippen LogP contribution in [0.3, 0.4) is 0 Å². The first-order chi connectivity index (χ1) is 6.42. The first kappa shape index (κ1) is 11.1. The summed E-state index contributed by atoms with van der Waals surface area (Å²) in [7, 11) is 0. The lowest BCUT2D eigenvalue weighted by atomic mass is 10.3. The summed E-state index contributed by atoms with van der Waals surface area (Å²) in [6.07, 6.45) is -4.72. The highest BCUT2D eigenvalue weighted by molar-refractivity contribution is 9.10. The van der Waals surface area contributed by atoms with E-state index in [4.69, 9.17) is 5.84 Å². The maximum atomic E-state index is 11.9. The fraction of sp³-hybridized carbons (Fsp3) is 0.143. The van der Waals surface area contributed by atoms with Crippen LogP contribution in [0.2, 0.25) is 0 Å². The van der Waals surface area contributed by atoms with Crippen molar-refractivity contribution in [3.05, 3.63) is 22.7 Å². The van der Waals surface area contributed by atoms with E-state index in [0.29, 0.717) is 4.47 Å². The smallest absolute Gasteiger partial charge is 0.404 e. The third kappa shape index (κ3) is 3.08. The van der Waals surface area contributed by atoms with Gasteiger partial charge in [-0.05, 0) is 18.2 Å². The number of nitrogen functional groups attached to an aromatic ring is 1. The first-order valence-electron chi connectivity index (χ1n) is 3.44. The van der Waals surface area contributed by atoms with Crippen molar-refractivity contribution in [3.63, 3.8) is 0 Å². The maximum absolute atomic E-state index is 11.9. The maximum Gasteiger partial charge on any atom is 0.573 e. The van der Waals surface area contributed by atoms with Crippen molar-refractivity contribution in [2.75, 3.05) is 5.43 Å². The number of rotatable bonds is 2. The van der Waals surface area contributed by atoms with Gasteiger partial charge in [-0.1, -0.05) is 15.9 Å². The van der Waals surface area contributed by atoms with Gasteiger partial charge in [0.25, 0.3) is 0 Å². The standard InChI is InChI=1S/C7H6BrF3N2O/c8-4-1-2-6(5(3-4)13-12)14-7(9,10)11/h1-3,13H,12H2. The molecule has 0 heterocycles. The van der Waals surface area contributed by atoms with Gasteiger partial charge in [0.05, 0.1) is 5.69 Å². The number of ether oxygens (including phenoxy) is 1. The molecule has 78 valence electrons. The van der Waals surface area contributed by atoms with Crippen LogP contribution in [0.5, 0.6) is 5.75 Å². The molecule has 0 bridgehead atoms. The second kappa shape index (κ2) is 4.05. The Morgan fingerprint density at radius 2 is 2.00 bits per heavy atom. The Labute approximate surface area is 86.1 Å². The van der Waals surface area contributed by atoms with Gasteiger partial charge in [0.2, 0.25) is 0 Å². The van der Waals surface area contributed by atoms with Crippen molar-refractivity contribution in [2.45, 2.75) is 6.36 Å². The quantitative estimate of drug-likeness (QED) is 0.642. The normalized spacial score (nSPS) is 11.2. The lowest BCUT2D eigenvalue weighted by molar-refractivity contribution is -0.274. The summed E-state index contributed by atoms with van der Waals surface area (Å²) >= 11 is 3.08. The van der Waals surface area contributed by atoms with Gasteiger partial charge in [-0.2, -0.15) is 0 Å². The van der Waals surface area contributed by atoms with Gasteiger partial charge >= 0.3 is 6.36 Å². The van der Waals surface area contributed by atoms with E-state index >= 15 is 0 Å². The van der Waals surface area contributed by atoms with E-state index in [9.17, 15) is 13.2 Å². The van der Waals surface area contributed by atoms with Crippen LogP contribution in [-0.2, 0) is 0 Å². The van der Waals surface area contributed by atoms with Gasteiger partial charge < -0.3 is 10.2 Å². The monoisotopic (exact) mass is 270 g/mol. The van der Waals surface area contributed by atoms with E-state index in [1.165, 1.54) is 12.1 Å². The molecule has 0 aromatic heterocycles. The number of hydrazine groups is 1. The van der Waals surface area contributed by atoms with Crippen molar-refractivity contribution < 1.29 is 17.9 Å². The molecule has 3 nitrogen and oxygen atoms in total. The predicted octanol–water partition coefficient (Wildman–Crippen LogP) is 2.63. The summed E-state index contributed by atoms with van der Waals surface area (Å²) in [4.78, 5) is 0. The topological polar surface area (TPSA) is 47.3 Å². The van der Waals surface area contributed by atoms with Crippen LogP contribution in [-0.4, -0.2) is 6.36 Å². The number of hydrogen-bond donors (Lipinski definition) is 2. The number of anilines is 1. The molecule has 1 aromatic carbocycles. The molecule has 0 fully saturated rings. The fourth-order valence-electron chi connectivity index (χ4n) is 0.829. The van der Waals surface area contributed by atoms with Crippen molar-refractivity contribution in [2.24, 2.45) is 5.84 Å². The highest BCUT2D eigenvalue weighted by atomic mass is 79.9. The van der Waals surface area contributed by atoms with Crippen molar-refractivity contribution in [1.29, 1.82) is 0 Å². The molecule has 0 saturated heterocycles. The summed E-state index contributed by atoms with van der Waals surface area (Å²) in [5.41, 5.74) is 2.16. The first-order valence-corrected chi connectivity index (χ1v) is 4.23. The zero-order chi connectivity index (χ0) is 10.8. The molecule has 7 heteroatoms. The van der Waals surface area contributed by atoms with E-state index in [0.717, 1.165) is 6.07 Å². The molecule has 0 radical (unpaired) electrons. The Bertz CT molecular complexity index is 329. The molecule has 0 aliphatic rings. The molecular weight excluding hydrogens is 265 g/mol. The van der Waals surface area contributed by atoms with Gasteiger partial charge in [0.1, 0.15) is 0 Å². The molecule has 0 unspecified atom stereocenters. The van der Waals surface area contributed by atoms with Crippen molar-refractivity contribution >= 4 is 21.6 Å². The molecule has 3 N–H and O–H groups in total. The van der Waals surface area contributed by atoms with Gasteiger partial charge in [-0.25, -0.2) is 0 Å². The minimum atomic E-state index is -4.72. The van der Waals surface area contributed by atoms with Crippen LogP contribution >= 0.6 is 15.9 Å². The van der Waals surface area contributed by atoms with Crippen molar-refractivity contribution in [3.8, 4) is 5.75 Å². The average molecular weight is 271 g/mol. The Balaban J connectivity index is 2.97. The molecule has 0 amide bonds. The molecule has 0 spiro atoms. The van der Waals surface area contributed by atoms with Gasteiger partial charge in [0, 0.05) is 4.47 Å². The van der Waals surface area contributed by atoms with Gasteiger partial charge in [-0.15, -0.1) is 13.2 Å². The third-order valence-electron chi connectivity index (χ3n) is 1.32. The van der Waals surface area contributed by atoms with E-state index in [1.807, 2.05) is 0 Å². The molecule has 1 aromatic rings. The van der Waals surface area contributed by atoms with E-state index in [1.54, 1.807) is 0 Å². The summed E-state index contributed by atoms with van der Waals surface area (Å²) < 4.78 is 39.9. The minimum absolute atomic E-state index is 0.0525. The number of nitrogens with one attached hydrogen (secondary N) is 1. The van der Waals surface area contributed by atoms with E-state index < -0.39 is 6.36 Å². The Morgan fingerprint density at radius 3 is 2.50 bits per heavy atom. The van der Waals surface area contributed by atoms with E-state index in [-0.39, 0.29) is 11.4 Å².